The van der Waals surface area contributed by atoms with Crippen LogP contribution >= 0.6 is 0 Å². The minimum atomic E-state index is -0.352. The summed E-state index contributed by atoms with van der Waals surface area (Å²) in [6.07, 6.45) is 0.291. The van der Waals surface area contributed by atoms with Crippen LogP contribution in [0.15, 0.2) is 6.07 Å². The second-order valence-electron chi connectivity index (χ2n) is 4.36. The Morgan fingerprint density at radius 1 is 1.44 bits per heavy atom. The standard InChI is InChI=1S/C12H22N4O2/c1-4-18-7-12-15-10(13)6-11(16-12)14-8(2)5-9(3)17/h6,8-9,17H,4-5,7H2,1-3H3,(H3,13,14,15,16). The summed E-state index contributed by atoms with van der Waals surface area (Å²) in [5.41, 5.74) is 5.71. The van der Waals surface area contributed by atoms with Gasteiger partial charge in [-0.25, -0.2) is 9.97 Å². The van der Waals surface area contributed by atoms with Crippen molar-refractivity contribution in [2.45, 2.75) is 45.9 Å². The summed E-state index contributed by atoms with van der Waals surface area (Å²) in [6, 6.07) is 1.79. The lowest BCUT2D eigenvalue weighted by Crippen LogP contribution is -2.21. The summed E-state index contributed by atoms with van der Waals surface area (Å²) in [5.74, 6) is 1.63. The molecule has 0 aliphatic rings. The van der Waals surface area contributed by atoms with Gasteiger partial charge < -0.3 is 20.9 Å². The summed E-state index contributed by atoms with van der Waals surface area (Å²) in [5, 5.41) is 12.5. The van der Waals surface area contributed by atoms with Crippen LogP contribution in [0.1, 0.15) is 33.0 Å². The van der Waals surface area contributed by atoms with Gasteiger partial charge in [-0.15, -0.1) is 0 Å². The predicted octanol–water partition coefficient (Wildman–Crippen LogP) is 1.17. The minimum absolute atomic E-state index is 0.110. The van der Waals surface area contributed by atoms with E-state index in [-0.39, 0.29) is 12.1 Å². The third-order valence-electron chi connectivity index (χ3n) is 2.32. The van der Waals surface area contributed by atoms with E-state index in [0.29, 0.717) is 37.1 Å². The smallest absolute Gasteiger partial charge is 0.158 e. The molecule has 0 fully saturated rings. The van der Waals surface area contributed by atoms with Gasteiger partial charge in [-0.05, 0) is 27.2 Å². The molecule has 0 spiro atoms. The zero-order valence-electron chi connectivity index (χ0n) is 11.2. The van der Waals surface area contributed by atoms with Crippen molar-refractivity contribution < 1.29 is 9.84 Å². The zero-order valence-corrected chi connectivity index (χ0v) is 11.2. The van der Waals surface area contributed by atoms with E-state index < -0.39 is 0 Å². The molecular formula is C12H22N4O2. The molecule has 1 aromatic rings. The van der Waals surface area contributed by atoms with Crippen LogP contribution in [0.2, 0.25) is 0 Å². The molecule has 2 atom stereocenters. The molecule has 0 bridgehead atoms. The average molecular weight is 254 g/mol. The maximum atomic E-state index is 9.31. The Morgan fingerprint density at radius 2 is 2.17 bits per heavy atom. The minimum Gasteiger partial charge on any atom is -0.393 e. The van der Waals surface area contributed by atoms with E-state index >= 15 is 0 Å². The highest BCUT2D eigenvalue weighted by molar-refractivity contribution is 5.45. The highest BCUT2D eigenvalue weighted by Gasteiger charge is 2.08. The molecule has 1 heterocycles. The van der Waals surface area contributed by atoms with E-state index in [4.69, 9.17) is 10.5 Å². The fourth-order valence-corrected chi connectivity index (χ4v) is 1.67. The second kappa shape index (κ2) is 7.13. The zero-order chi connectivity index (χ0) is 13.5. The molecule has 0 radical (unpaired) electrons. The van der Waals surface area contributed by atoms with Gasteiger partial charge in [0.05, 0.1) is 6.10 Å². The number of nitrogens with zero attached hydrogens (tertiary/aromatic N) is 2. The van der Waals surface area contributed by atoms with E-state index in [0.717, 1.165) is 0 Å². The summed E-state index contributed by atoms with van der Waals surface area (Å²) in [7, 11) is 0. The molecule has 0 amide bonds. The maximum absolute atomic E-state index is 9.31. The number of nitrogen functional groups attached to an aromatic ring is 1. The first-order valence-electron chi connectivity index (χ1n) is 6.17. The molecule has 18 heavy (non-hydrogen) atoms. The quantitative estimate of drug-likeness (QED) is 0.676. The fraction of sp³-hybridized carbons (Fsp3) is 0.667. The van der Waals surface area contributed by atoms with Crippen LogP contribution in [0.5, 0.6) is 0 Å². The van der Waals surface area contributed by atoms with Gasteiger partial charge in [-0.1, -0.05) is 0 Å². The summed E-state index contributed by atoms with van der Waals surface area (Å²) < 4.78 is 5.25. The normalized spacial score (nSPS) is 14.2. The van der Waals surface area contributed by atoms with Gasteiger partial charge in [0.2, 0.25) is 0 Å². The number of hydrogen-bond donors (Lipinski definition) is 3. The maximum Gasteiger partial charge on any atom is 0.158 e. The number of aromatic nitrogens is 2. The van der Waals surface area contributed by atoms with E-state index in [1.165, 1.54) is 0 Å². The molecule has 0 saturated heterocycles. The Morgan fingerprint density at radius 3 is 2.78 bits per heavy atom. The van der Waals surface area contributed by atoms with Crippen LogP contribution < -0.4 is 11.1 Å². The molecule has 4 N–H and O–H groups in total. The van der Waals surface area contributed by atoms with Crippen molar-refractivity contribution in [2.75, 3.05) is 17.7 Å². The Bertz CT molecular complexity index is 371. The number of hydrogen-bond acceptors (Lipinski definition) is 6. The molecular weight excluding hydrogens is 232 g/mol. The van der Waals surface area contributed by atoms with Gasteiger partial charge in [0, 0.05) is 18.7 Å². The molecule has 6 heteroatoms. The summed E-state index contributed by atoms with van der Waals surface area (Å²) >= 11 is 0. The largest absolute Gasteiger partial charge is 0.393 e. The molecule has 0 aliphatic heterocycles. The number of nitrogens with one attached hydrogen (secondary N) is 1. The van der Waals surface area contributed by atoms with Crippen LogP contribution in [0.4, 0.5) is 11.6 Å². The lowest BCUT2D eigenvalue weighted by Gasteiger charge is -2.16. The first-order chi connectivity index (χ1) is 8.51. The molecule has 1 aromatic heterocycles. The lowest BCUT2D eigenvalue weighted by atomic mass is 10.1. The number of rotatable bonds is 7. The molecule has 0 aromatic carbocycles. The van der Waals surface area contributed by atoms with Gasteiger partial charge in [0.15, 0.2) is 5.82 Å². The molecule has 2 unspecified atom stereocenters. The molecule has 1 rings (SSSR count). The third-order valence-corrected chi connectivity index (χ3v) is 2.32. The molecule has 0 saturated carbocycles. The predicted molar refractivity (Wildman–Crippen MR) is 71.2 cm³/mol. The third kappa shape index (κ3) is 5.29. The van der Waals surface area contributed by atoms with Crippen LogP contribution in [0, 0.1) is 0 Å². The van der Waals surface area contributed by atoms with E-state index in [2.05, 4.69) is 15.3 Å². The SMILES string of the molecule is CCOCc1nc(N)cc(NC(C)CC(C)O)n1. The van der Waals surface area contributed by atoms with Crippen molar-refractivity contribution in [3.05, 3.63) is 11.9 Å². The summed E-state index contributed by atoms with van der Waals surface area (Å²) in [6.45, 7) is 6.61. The van der Waals surface area contributed by atoms with Gasteiger partial charge in [0.1, 0.15) is 18.2 Å². The Kier molecular flexibility index (Phi) is 5.80. The van der Waals surface area contributed by atoms with E-state index in [1.54, 1.807) is 13.0 Å². The van der Waals surface area contributed by atoms with Crippen molar-refractivity contribution in [1.82, 2.24) is 9.97 Å². The van der Waals surface area contributed by atoms with Crippen LogP contribution in [0.3, 0.4) is 0 Å². The van der Waals surface area contributed by atoms with E-state index in [1.807, 2.05) is 13.8 Å². The van der Waals surface area contributed by atoms with Gasteiger partial charge >= 0.3 is 0 Å². The molecule has 102 valence electrons. The van der Waals surface area contributed by atoms with Gasteiger partial charge in [-0.2, -0.15) is 0 Å². The van der Waals surface area contributed by atoms with E-state index in [9.17, 15) is 5.11 Å². The van der Waals surface area contributed by atoms with Crippen molar-refractivity contribution in [3.63, 3.8) is 0 Å². The fourth-order valence-electron chi connectivity index (χ4n) is 1.67. The van der Waals surface area contributed by atoms with Crippen molar-refractivity contribution in [2.24, 2.45) is 0 Å². The Labute approximate surface area is 108 Å². The highest BCUT2D eigenvalue weighted by Crippen LogP contribution is 2.12. The highest BCUT2D eigenvalue weighted by atomic mass is 16.5. The van der Waals surface area contributed by atoms with Crippen molar-refractivity contribution in [3.8, 4) is 0 Å². The number of anilines is 2. The average Bonchev–Trinajstić information content (AvgIpc) is 2.24. The number of aliphatic hydroxyl groups excluding tert-OH is 1. The molecule has 0 aliphatic carbocycles. The number of ether oxygens (including phenoxy) is 1. The van der Waals surface area contributed by atoms with Gasteiger partial charge in [-0.3, -0.25) is 0 Å². The Balaban J connectivity index is 2.67. The van der Waals surface area contributed by atoms with Crippen LogP contribution in [-0.4, -0.2) is 33.8 Å². The topological polar surface area (TPSA) is 93.3 Å². The van der Waals surface area contributed by atoms with Gasteiger partial charge in [0.25, 0.3) is 0 Å². The second-order valence-corrected chi connectivity index (χ2v) is 4.36. The molecule has 6 nitrogen and oxygen atoms in total. The van der Waals surface area contributed by atoms with Crippen molar-refractivity contribution in [1.29, 1.82) is 0 Å². The lowest BCUT2D eigenvalue weighted by molar-refractivity contribution is 0.128. The van der Waals surface area contributed by atoms with Crippen LogP contribution in [0.25, 0.3) is 0 Å². The first-order valence-corrected chi connectivity index (χ1v) is 6.17. The Hall–Kier alpha value is -1.40. The summed E-state index contributed by atoms with van der Waals surface area (Å²) in [4.78, 5) is 8.40. The van der Waals surface area contributed by atoms with Crippen LogP contribution in [-0.2, 0) is 11.3 Å². The first kappa shape index (κ1) is 14.7. The number of nitrogens with two attached hydrogens (primary N) is 1. The van der Waals surface area contributed by atoms with Crippen molar-refractivity contribution >= 4 is 11.6 Å². The number of aliphatic hydroxyl groups is 1. The monoisotopic (exact) mass is 254 g/mol.